The molecular weight excluding hydrogens is 508 g/mol. The van der Waals surface area contributed by atoms with Crippen molar-refractivity contribution in [3.05, 3.63) is 11.3 Å². The van der Waals surface area contributed by atoms with Crippen molar-refractivity contribution in [1.29, 1.82) is 5.26 Å². The van der Waals surface area contributed by atoms with Crippen molar-refractivity contribution in [3.63, 3.8) is 0 Å². The summed E-state index contributed by atoms with van der Waals surface area (Å²) in [5, 5.41) is 33.4. The Kier molecular flexibility index (Phi) is 8.41. The molecule has 0 bridgehead atoms. The minimum atomic E-state index is -1.68. The number of nitrogens with one attached hydrogen (secondary N) is 2. The molecule has 0 aliphatic carbocycles. The van der Waals surface area contributed by atoms with Crippen LogP contribution < -0.4 is 10.6 Å². The number of aryl methyl sites for hydroxylation is 1. The van der Waals surface area contributed by atoms with Gasteiger partial charge in [-0.05, 0) is 16.0 Å². The molecule has 1 aromatic rings. The molecule has 1 saturated heterocycles. The van der Waals surface area contributed by atoms with E-state index in [4.69, 9.17) is 15.1 Å². The zero-order chi connectivity index (χ0) is 24.9. The topological polar surface area (TPSA) is 192 Å². The first-order chi connectivity index (χ1) is 16.2. The predicted molar refractivity (Wildman–Crippen MR) is 121 cm³/mol. The molecule has 3 amide bonds. The molecule has 3 N–H and O–H groups in total. The van der Waals surface area contributed by atoms with Gasteiger partial charge in [0.2, 0.25) is 11.1 Å². The molecule has 2 aliphatic rings. The van der Waals surface area contributed by atoms with Crippen LogP contribution in [0.1, 0.15) is 0 Å². The SMILES string of the molecule is CO[C@@]1(NC(=O)CSCC#N)C(=O)N2C(C(=O)NCC(=O)O)=C(CSc3nnnn3C)CS[C@@H]21. The minimum Gasteiger partial charge on any atom is -0.480 e. The molecule has 1 fully saturated rings. The van der Waals surface area contributed by atoms with Gasteiger partial charge in [-0.1, -0.05) is 11.8 Å². The number of tetrazole rings is 1. The number of methoxy groups -OCH3 is 1. The van der Waals surface area contributed by atoms with Gasteiger partial charge in [-0.25, -0.2) is 4.68 Å². The van der Waals surface area contributed by atoms with E-state index in [9.17, 15) is 19.2 Å². The van der Waals surface area contributed by atoms with Crippen LogP contribution in [-0.2, 0) is 31.0 Å². The highest BCUT2D eigenvalue weighted by Crippen LogP contribution is 2.47. The molecule has 0 aromatic carbocycles. The maximum Gasteiger partial charge on any atom is 0.322 e. The van der Waals surface area contributed by atoms with E-state index in [-0.39, 0.29) is 23.0 Å². The Labute approximate surface area is 206 Å². The number of nitriles is 1. The van der Waals surface area contributed by atoms with Crippen molar-refractivity contribution in [2.45, 2.75) is 16.3 Å². The number of aliphatic carboxylic acids is 1. The number of fused-ring (bicyclic) bond motifs is 1. The Morgan fingerprint density at radius 2 is 2.21 bits per heavy atom. The van der Waals surface area contributed by atoms with Crippen molar-refractivity contribution in [3.8, 4) is 6.07 Å². The van der Waals surface area contributed by atoms with Gasteiger partial charge in [-0.3, -0.25) is 24.1 Å². The van der Waals surface area contributed by atoms with Crippen LogP contribution in [0.4, 0.5) is 0 Å². The molecule has 0 radical (unpaired) electrons. The summed E-state index contributed by atoms with van der Waals surface area (Å²) in [7, 11) is 2.94. The normalized spacial score (nSPS) is 21.4. The fraction of sp³-hybridized carbons (Fsp3) is 0.529. The Morgan fingerprint density at radius 3 is 2.82 bits per heavy atom. The van der Waals surface area contributed by atoms with Crippen molar-refractivity contribution in [2.75, 3.05) is 36.7 Å². The molecule has 17 heteroatoms. The zero-order valence-electron chi connectivity index (χ0n) is 18.0. The second-order valence-electron chi connectivity index (χ2n) is 6.88. The van der Waals surface area contributed by atoms with Crippen molar-refractivity contribution < 1.29 is 29.0 Å². The summed E-state index contributed by atoms with van der Waals surface area (Å²) in [6, 6.07) is 1.91. The number of nitrogens with zero attached hydrogens (tertiary/aromatic N) is 6. The Morgan fingerprint density at radius 1 is 1.44 bits per heavy atom. The van der Waals surface area contributed by atoms with Gasteiger partial charge >= 0.3 is 5.97 Å². The average molecular weight is 529 g/mol. The summed E-state index contributed by atoms with van der Waals surface area (Å²) in [6.45, 7) is -0.627. The standard InChI is InChI=1S/C17H20N8O6S3/c1-24-16(21-22-23-24)34-7-9-6-33-15-17(31-2,20-10(26)8-32-4-3-18)14(30)25(15)12(9)13(29)19-5-11(27)28/h15H,4-8H2,1-2H3,(H,19,29)(H,20,26)(H,27,28)/t15-,17+/m1/s1. The van der Waals surface area contributed by atoms with E-state index in [0.29, 0.717) is 16.5 Å². The second-order valence-corrected chi connectivity index (χ2v) is 9.88. The summed E-state index contributed by atoms with van der Waals surface area (Å²) >= 11 is 3.64. The summed E-state index contributed by atoms with van der Waals surface area (Å²) in [5.74, 6) is -2.46. The highest BCUT2D eigenvalue weighted by molar-refractivity contribution is 8.01. The lowest BCUT2D eigenvalue weighted by Crippen LogP contribution is -2.81. The number of hydrogen-bond acceptors (Lipinski definition) is 12. The van der Waals surface area contributed by atoms with Crippen molar-refractivity contribution in [1.82, 2.24) is 35.7 Å². The number of aromatic nitrogens is 4. The predicted octanol–water partition coefficient (Wildman–Crippen LogP) is -1.61. The van der Waals surface area contributed by atoms with E-state index in [0.717, 1.165) is 11.8 Å². The van der Waals surface area contributed by atoms with E-state index >= 15 is 0 Å². The molecule has 3 heterocycles. The Balaban J connectivity index is 1.84. The third-order valence-electron chi connectivity index (χ3n) is 4.73. The first-order valence-electron chi connectivity index (χ1n) is 9.58. The van der Waals surface area contributed by atoms with Gasteiger partial charge in [-0.2, -0.15) is 5.26 Å². The maximum atomic E-state index is 13.2. The van der Waals surface area contributed by atoms with Crippen LogP contribution in [-0.4, -0.2) is 102 Å². The molecule has 0 unspecified atom stereocenters. The van der Waals surface area contributed by atoms with E-state index in [2.05, 4.69) is 26.2 Å². The highest BCUT2D eigenvalue weighted by Gasteiger charge is 2.66. The molecule has 1 aromatic heterocycles. The van der Waals surface area contributed by atoms with Crippen LogP contribution in [0.2, 0.25) is 0 Å². The minimum absolute atomic E-state index is 0.0124. The number of carboxylic acids is 1. The Bertz CT molecular complexity index is 1070. The third kappa shape index (κ3) is 5.14. The first kappa shape index (κ1) is 25.8. The van der Waals surface area contributed by atoms with Gasteiger partial charge in [0.05, 0.1) is 17.6 Å². The number of ether oxygens (including phenoxy) is 1. The lowest BCUT2D eigenvalue weighted by molar-refractivity contribution is -0.191. The van der Waals surface area contributed by atoms with Gasteiger partial charge in [0.15, 0.2) is 0 Å². The van der Waals surface area contributed by atoms with Gasteiger partial charge in [0.25, 0.3) is 17.5 Å². The smallest absolute Gasteiger partial charge is 0.322 e. The quantitative estimate of drug-likeness (QED) is 0.129. The van der Waals surface area contributed by atoms with E-state index in [1.165, 1.54) is 40.2 Å². The summed E-state index contributed by atoms with van der Waals surface area (Å²) in [5.41, 5.74) is -1.09. The molecule has 2 aliphatic heterocycles. The monoisotopic (exact) mass is 528 g/mol. The molecule has 14 nitrogen and oxygen atoms in total. The fourth-order valence-corrected chi connectivity index (χ4v) is 6.12. The van der Waals surface area contributed by atoms with Crippen LogP contribution in [0.15, 0.2) is 16.4 Å². The van der Waals surface area contributed by atoms with Crippen molar-refractivity contribution in [2.24, 2.45) is 7.05 Å². The van der Waals surface area contributed by atoms with Gasteiger partial charge in [-0.15, -0.1) is 28.6 Å². The largest absolute Gasteiger partial charge is 0.480 e. The molecule has 34 heavy (non-hydrogen) atoms. The third-order valence-corrected chi connectivity index (χ3v) is 8.00. The molecule has 0 saturated carbocycles. The van der Waals surface area contributed by atoms with Gasteiger partial charge in [0.1, 0.15) is 17.6 Å². The maximum absolute atomic E-state index is 13.2. The number of carbonyl (C=O) groups excluding carboxylic acids is 3. The molecule has 3 rings (SSSR count). The highest BCUT2D eigenvalue weighted by atomic mass is 32.2. The molecule has 182 valence electrons. The van der Waals surface area contributed by atoms with E-state index < -0.39 is 41.3 Å². The van der Waals surface area contributed by atoms with E-state index in [1.54, 1.807) is 7.05 Å². The fourth-order valence-electron chi connectivity index (χ4n) is 3.24. The van der Waals surface area contributed by atoms with Crippen molar-refractivity contribution >= 4 is 59.0 Å². The molecule has 0 spiro atoms. The Hall–Kier alpha value is -2.81. The molecule has 2 atom stereocenters. The number of amides is 3. The van der Waals surface area contributed by atoms with Crippen LogP contribution >= 0.6 is 35.3 Å². The zero-order valence-corrected chi connectivity index (χ0v) is 20.5. The number of carboxylic acid groups (broad SMARTS) is 1. The van der Waals surface area contributed by atoms with Gasteiger partial charge in [0, 0.05) is 25.7 Å². The summed E-state index contributed by atoms with van der Waals surface area (Å²) < 4.78 is 6.88. The van der Waals surface area contributed by atoms with Crippen LogP contribution in [0.5, 0.6) is 0 Å². The number of hydrogen-bond donors (Lipinski definition) is 3. The van der Waals surface area contributed by atoms with Crippen LogP contribution in [0.25, 0.3) is 0 Å². The summed E-state index contributed by atoms with van der Waals surface area (Å²) in [4.78, 5) is 50.7. The summed E-state index contributed by atoms with van der Waals surface area (Å²) in [6.07, 6.45) is 0. The number of thioether (sulfide) groups is 3. The first-order valence-corrected chi connectivity index (χ1v) is 12.8. The number of rotatable bonds is 11. The van der Waals surface area contributed by atoms with Crippen LogP contribution in [0.3, 0.4) is 0 Å². The second kappa shape index (κ2) is 11.1. The lowest BCUT2D eigenvalue weighted by Gasteiger charge is -2.56. The lowest BCUT2D eigenvalue weighted by atomic mass is 9.98. The van der Waals surface area contributed by atoms with E-state index in [1.807, 2.05) is 6.07 Å². The molecular formula is C17H20N8O6S3. The van der Waals surface area contributed by atoms with Gasteiger partial charge < -0.3 is 20.5 Å². The van der Waals surface area contributed by atoms with Crippen LogP contribution in [0, 0.1) is 11.3 Å². The number of carbonyl (C=O) groups is 4. The number of β-lactam (4-membered cyclic amide) rings is 1. The average Bonchev–Trinajstić information content (AvgIpc) is 3.23.